The van der Waals surface area contributed by atoms with Crippen molar-refractivity contribution in [1.29, 1.82) is 0 Å². The van der Waals surface area contributed by atoms with E-state index in [0.717, 1.165) is 6.54 Å². The highest BCUT2D eigenvalue weighted by Crippen LogP contribution is 2.18. The Balaban J connectivity index is 2.07. The van der Waals surface area contributed by atoms with E-state index in [1.165, 1.54) is 12.8 Å². The molecule has 0 amide bonds. The quantitative estimate of drug-likeness (QED) is 0.569. The SMILES string of the molecule is COC(C)CNS(=O)(=O)CCCNC1CC1. The zero-order valence-corrected chi connectivity index (χ0v) is 10.8. The molecular formula is C10H22N2O3S. The smallest absolute Gasteiger partial charge is 0.211 e. The van der Waals surface area contributed by atoms with Crippen LogP contribution in [0.1, 0.15) is 26.2 Å². The molecule has 1 aliphatic carbocycles. The van der Waals surface area contributed by atoms with Gasteiger partial charge in [0.2, 0.25) is 10.0 Å². The minimum Gasteiger partial charge on any atom is -0.380 e. The Morgan fingerprint density at radius 2 is 2.12 bits per heavy atom. The van der Waals surface area contributed by atoms with Gasteiger partial charge in [0.05, 0.1) is 11.9 Å². The molecule has 0 aromatic carbocycles. The largest absolute Gasteiger partial charge is 0.380 e. The average Bonchev–Trinajstić information content (AvgIpc) is 3.05. The van der Waals surface area contributed by atoms with Crippen LogP contribution >= 0.6 is 0 Å². The third-order valence-electron chi connectivity index (χ3n) is 2.59. The first-order chi connectivity index (χ1) is 7.53. The van der Waals surface area contributed by atoms with E-state index >= 15 is 0 Å². The lowest BCUT2D eigenvalue weighted by atomic mass is 10.4. The molecule has 2 N–H and O–H groups in total. The maximum Gasteiger partial charge on any atom is 0.211 e. The van der Waals surface area contributed by atoms with Crippen LogP contribution in [-0.2, 0) is 14.8 Å². The van der Waals surface area contributed by atoms with Crippen LogP contribution in [0.15, 0.2) is 0 Å². The van der Waals surface area contributed by atoms with Gasteiger partial charge >= 0.3 is 0 Å². The first-order valence-corrected chi connectivity index (χ1v) is 7.42. The van der Waals surface area contributed by atoms with Gasteiger partial charge in [0, 0.05) is 19.7 Å². The summed E-state index contributed by atoms with van der Waals surface area (Å²) in [5.74, 6) is 0.184. The number of ether oxygens (including phenoxy) is 1. The molecule has 0 aromatic rings. The lowest BCUT2D eigenvalue weighted by Gasteiger charge is -2.11. The molecule has 1 aliphatic rings. The summed E-state index contributed by atoms with van der Waals surface area (Å²) in [6, 6.07) is 0.643. The molecule has 0 radical (unpaired) electrons. The number of hydrogen-bond acceptors (Lipinski definition) is 4. The van der Waals surface area contributed by atoms with E-state index in [1.54, 1.807) is 7.11 Å². The van der Waals surface area contributed by atoms with Gasteiger partial charge in [0.25, 0.3) is 0 Å². The van der Waals surface area contributed by atoms with E-state index in [-0.39, 0.29) is 11.9 Å². The predicted octanol–water partition coefficient (Wildman–Crippen LogP) is 0.0828. The third kappa shape index (κ3) is 6.42. The molecule has 5 nitrogen and oxygen atoms in total. The zero-order chi connectivity index (χ0) is 12.0. The first-order valence-electron chi connectivity index (χ1n) is 5.77. The highest BCUT2D eigenvalue weighted by molar-refractivity contribution is 7.89. The van der Waals surface area contributed by atoms with Crippen molar-refractivity contribution in [1.82, 2.24) is 10.0 Å². The molecule has 1 saturated carbocycles. The Morgan fingerprint density at radius 1 is 1.44 bits per heavy atom. The fraction of sp³-hybridized carbons (Fsp3) is 1.00. The van der Waals surface area contributed by atoms with Crippen LogP contribution in [0.3, 0.4) is 0 Å². The van der Waals surface area contributed by atoms with Crippen LogP contribution in [0, 0.1) is 0 Å². The first kappa shape index (κ1) is 13.9. The van der Waals surface area contributed by atoms with Crippen LogP contribution in [0.5, 0.6) is 0 Å². The molecule has 0 spiro atoms. The monoisotopic (exact) mass is 250 g/mol. The van der Waals surface area contributed by atoms with Crippen LogP contribution in [0.4, 0.5) is 0 Å². The van der Waals surface area contributed by atoms with Gasteiger partial charge < -0.3 is 10.1 Å². The van der Waals surface area contributed by atoms with Gasteiger partial charge in [0.1, 0.15) is 0 Å². The summed E-state index contributed by atoms with van der Waals surface area (Å²) in [6.45, 7) is 2.96. The molecule has 1 rings (SSSR count). The van der Waals surface area contributed by atoms with Crippen molar-refractivity contribution in [2.45, 2.75) is 38.3 Å². The number of nitrogens with one attached hydrogen (secondary N) is 2. The second-order valence-corrected chi connectivity index (χ2v) is 6.22. The molecule has 0 heterocycles. The van der Waals surface area contributed by atoms with E-state index in [9.17, 15) is 8.42 Å². The molecule has 96 valence electrons. The molecule has 1 unspecified atom stereocenters. The van der Waals surface area contributed by atoms with E-state index in [0.29, 0.717) is 19.0 Å². The molecule has 0 bridgehead atoms. The van der Waals surface area contributed by atoms with Crippen LogP contribution in [-0.4, -0.2) is 46.5 Å². The third-order valence-corrected chi connectivity index (χ3v) is 4.03. The summed E-state index contributed by atoms with van der Waals surface area (Å²) >= 11 is 0. The Kier molecular flexibility index (Phi) is 5.68. The van der Waals surface area contributed by atoms with Crippen LogP contribution in [0.25, 0.3) is 0 Å². The minimum absolute atomic E-state index is 0.0839. The van der Waals surface area contributed by atoms with Crippen molar-refractivity contribution in [3.8, 4) is 0 Å². The second-order valence-electron chi connectivity index (χ2n) is 4.30. The molecular weight excluding hydrogens is 228 g/mol. The van der Waals surface area contributed by atoms with E-state index in [1.807, 2.05) is 6.92 Å². The summed E-state index contributed by atoms with van der Waals surface area (Å²) in [4.78, 5) is 0. The topological polar surface area (TPSA) is 67.4 Å². The van der Waals surface area contributed by atoms with Crippen molar-refractivity contribution in [3.05, 3.63) is 0 Å². The van der Waals surface area contributed by atoms with Gasteiger partial charge in [-0.1, -0.05) is 0 Å². The second kappa shape index (κ2) is 6.54. The van der Waals surface area contributed by atoms with Gasteiger partial charge in [0.15, 0.2) is 0 Å². The summed E-state index contributed by atoms with van der Waals surface area (Å²) < 4.78 is 30.5. The summed E-state index contributed by atoms with van der Waals surface area (Å²) in [7, 11) is -1.57. The number of sulfonamides is 1. The average molecular weight is 250 g/mol. The summed E-state index contributed by atoms with van der Waals surface area (Å²) in [5.41, 5.74) is 0. The van der Waals surface area contributed by atoms with Gasteiger partial charge in [-0.25, -0.2) is 13.1 Å². The van der Waals surface area contributed by atoms with Gasteiger partial charge in [-0.15, -0.1) is 0 Å². The van der Waals surface area contributed by atoms with Gasteiger partial charge in [-0.2, -0.15) is 0 Å². The van der Waals surface area contributed by atoms with Crippen molar-refractivity contribution in [3.63, 3.8) is 0 Å². The lowest BCUT2D eigenvalue weighted by molar-refractivity contribution is 0.122. The normalized spacial score (nSPS) is 18.6. The Morgan fingerprint density at radius 3 is 2.69 bits per heavy atom. The zero-order valence-electron chi connectivity index (χ0n) is 10.0. The number of rotatable bonds is 9. The lowest BCUT2D eigenvalue weighted by Crippen LogP contribution is -2.34. The Hall–Kier alpha value is -0.170. The van der Waals surface area contributed by atoms with E-state index in [4.69, 9.17) is 4.74 Å². The summed E-state index contributed by atoms with van der Waals surface area (Å²) in [6.07, 6.45) is 3.04. The molecule has 0 aromatic heterocycles. The molecule has 16 heavy (non-hydrogen) atoms. The fourth-order valence-corrected chi connectivity index (χ4v) is 2.41. The fourth-order valence-electron chi connectivity index (χ4n) is 1.26. The highest BCUT2D eigenvalue weighted by Gasteiger charge is 2.20. The molecule has 1 atom stereocenters. The number of methoxy groups -OCH3 is 1. The molecule has 0 saturated heterocycles. The molecule has 6 heteroatoms. The predicted molar refractivity (Wildman–Crippen MR) is 63.9 cm³/mol. The van der Waals surface area contributed by atoms with Crippen molar-refractivity contribution in [2.75, 3.05) is 26.0 Å². The maximum absolute atomic E-state index is 11.5. The standard InChI is InChI=1S/C10H22N2O3S/c1-9(15-2)8-12-16(13,14)7-3-6-11-10-4-5-10/h9-12H,3-8H2,1-2H3. The summed E-state index contributed by atoms with van der Waals surface area (Å²) in [5, 5.41) is 3.29. The highest BCUT2D eigenvalue weighted by atomic mass is 32.2. The minimum atomic E-state index is -3.13. The van der Waals surface area contributed by atoms with Gasteiger partial charge in [-0.05, 0) is 32.7 Å². The van der Waals surface area contributed by atoms with Gasteiger partial charge in [-0.3, -0.25) is 0 Å². The maximum atomic E-state index is 11.5. The van der Waals surface area contributed by atoms with Crippen molar-refractivity contribution >= 4 is 10.0 Å². The van der Waals surface area contributed by atoms with Crippen molar-refractivity contribution < 1.29 is 13.2 Å². The van der Waals surface area contributed by atoms with Crippen LogP contribution in [0.2, 0.25) is 0 Å². The van der Waals surface area contributed by atoms with E-state index in [2.05, 4.69) is 10.0 Å². The van der Waals surface area contributed by atoms with Crippen molar-refractivity contribution in [2.24, 2.45) is 0 Å². The van der Waals surface area contributed by atoms with E-state index < -0.39 is 10.0 Å². The number of hydrogen-bond donors (Lipinski definition) is 2. The molecule has 1 fully saturated rings. The Bertz CT molecular complexity index is 288. The molecule has 0 aliphatic heterocycles. The Labute approximate surface area is 98.0 Å². The van der Waals surface area contributed by atoms with Crippen LogP contribution < -0.4 is 10.0 Å².